The third kappa shape index (κ3) is 6.15. The Labute approximate surface area is 178 Å². The van der Waals surface area contributed by atoms with Crippen molar-refractivity contribution in [1.29, 1.82) is 0 Å². The van der Waals surface area contributed by atoms with Crippen molar-refractivity contribution < 1.29 is 14.0 Å². The minimum absolute atomic E-state index is 0.110. The molecule has 0 radical (unpaired) electrons. The quantitative estimate of drug-likeness (QED) is 0.728. The lowest BCUT2D eigenvalue weighted by Crippen LogP contribution is -2.50. The Morgan fingerprint density at radius 1 is 1.00 bits per heavy atom. The van der Waals surface area contributed by atoms with E-state index >= 15 is 0 Å². The van der Waals surface area contributed by atoms with Gasteiger partial charge in [0.1, 0.15) is 11.9 Å². The van der Waals surface area contributed by atoms with Crippen molar-refractivity contribution in [2.45, 2.75) is 71.0 Å². The molecule has 4 nitrogen and oxygen atoms in total. The lowest BCUT2D eigenvalue weighted by Gasteiger charge is -2.31. The number of nitrogens with zero attached hydrogens (tertiary/aromatic N) is 1. The van der Waals surface area contributed by atoms with E-state index in [1.807, 2.05) is 31.2 Å². The molecule has 2 aromatic rings. The molecular formula is C25H31FN2O2. The molecule has 0 aromatic heterocycles. The molecule has 0 unspecified atom stereocenters. The molecule has 160 valence electrons. The Morgan fingerprint density at radius 3 is 2.23 bits per heavy atom. The van der Waals surface area contributed by atoms with Crippen LogP contribution in [0.1, 0.15) is 55.7 Å². The predicted octanol–water partition coefficient (Wildman–Crippen LogP) is 4.54. The zero-order valence-electron chi connectivity index (χ0n) is 17.9. The van der Waals surface area contributed by atoms with Gasteiger partial charge in [-0.15, -0.1) is 0 Å². The molecule has 2 amide bonds. The summed E-state index contributed by atoms with van der Waals surface area (Å²) in [7, 11) is 0. The first-order valence-corrected chi connectivity index (χ1v) is 10.8. The van der Waals surface area contributed by atoms with Crippen LogP contribution < -0.4 is 5.32 Å². The highest BCUT2D eigenvalue weighted by Crippen LogP contribution is 2.19. The molecule has 1 N–H and O–H groups in total. The molecule has 0 bridgehead atoms. The van der Waals surface area contributed by atoms with E-state index in [9.17, 15) is 14.0 Å². The predicted molar refractivity (Wildman–Crippen MR) is 116 cm³/mol. The van der Waals surface area contributed by atoms with Crippen molar-refractivity contribution in [3.8, 4) is 0 Å². The molecule has 1 fully saturated rings. The number of carbonyl (C=O) groups excluding carboxylic acids is 2. The highest BCUT2D eigenvalue weighted by molar-refractivity contribution is 5.88. The third-order valence-corrected chi connectivity index (χ3v) is 5.86. The summed E-state index contributed by atoms with van der Waals surface area (Å²) in [5.74, 6) is -0.585. The van der Waals surface area contributed by atoms with Gasteiger partial charge in [-0.1, -0.05) is 61.2 Å². The van der Waals surface area contributed by atoms with Crippen molar-refractivity contribution >= 4 is 11.8 Å². The normalized spacial score (nSPS) is 15.4. The Kier molecular flexibility index (Phi) is 7.61. The molecule has 1 saturated carbocycles. The second-order valence-electron chi connectivity index (χ2n) is 8.33. The summed E-state index contributed by atoms with van der Waals surface area (Å²) in [5, 5.41) is 3.14. The average molecular weight is 411 g/mol. The van der Waals surface area contributed by atoms with Gasteiger partial charge >= 0.3 is 0 Å². The van der Waals surface area contributed by atoms with Crippen molar-refractivity contribution in [3.63, 3.8) is 0 Å². The van der Waals surface area contributed by atoms with Crippen LogP contribution in [0.2, 0.25) is 0 Å². The summed E-state index contributed by atoms with van der Waals surface area (Å²) in [6.07, 6.45) is 5.62. The van der Waals surface area contributed by atoms with Crippen LogP contribution in [0.3, 0.4) is 0 Å². The van der Waals surface area contributed by atoms with Crippen LogP contribution in [-0.4, -0.2) is 28.8 Å². The molecular weight excluding hydrogens is 379 g/mol. The van der Waals surface area contributed by atoms with E-state index in [1.54, 1.807) is 24.0 Å². The van der Waals surface area contributed by atoms with Crippen LogP contribution in [0.5, 0.6) is 0 Å². The first-order valence-electron chi connectivity index (χ1n) is 10.8. The van der Waals surface area contributed by atoms with Crippen molar-refractivity contribution in [3.05, 3.63) is 71.0 Å². The van der Waals surface area contributed by atoms with Crippen LogP contribution in [0.15, 0.2) is 48.5 Å². The van der Waals surface area contributed by atoms with E-state index in [4.69, 9.17) is 0 Å². The van der Waals surface area contributed by atoms with Gasteiger partial charge in [0.2, 0.25) is 11.8 Å². The minimum atomic E-state index is -0.582. The van der Waals surface area contributed by atoms with E-state index in [0.717, 1.165) is 42.4 Å². The van der Waals surface area contributed by atoms with Gasteiger partial charge in [0.05, 0.1) is 6.42 Å². The first kappa shape index (κ1) is 22.0. The fourth-order valence-electron chi connectivity index (χ4n) is 3.92. The Hall–Kier alpha value is -2.69. The molecule has 1 aliphatic carbocycles. The monoisotopic (exact) mass is 410 g/mol. The fourth-order valence-corrected chi connectivity index (χ4v) is 3.92. The number of amides is 2. The van der Waals surface area contributed by atoms with Gasteiger partial charge in [-0.3, -0.25) is 9.59 Å². The summed E-state index contributed by atoms with van der Waals surface area (Å²) in [4.78, 5) is 27.7. The number of nitrogens with one attached hydrogen (secondary N) is 1. The topological polar surface area (TPSA) is 49.4 Å². The molecule has 0 spiro atoms. The van der Waals surface area contributed by atoms with Gasteiger partial charge in [-0.25, -0.2) is 4.39 Å². The summed E-state index contributed by atoms with van der Waals surface area (Å²) in [6.45, 7) is 4.16. The van der Waals surface area contributed by atoms with Gasteiger partial charge < -0.3 is 10.2 Å². The third-order valence-electron chi connectivity index (χ3n) is 5.86. The molecule has 0 heterocycles. The van der Waals surface area contributed by atoms with E-state index in [2.05, 4.69) is 5.32 Å². The minimum Gasteiger partial charge on any atom is -0.352 e. The van der Waals surface area contributed by atoms with Gasteiger partial charge in [0, 0.05) is 12.6 Å². The molecule has 1 aliphatic rings. The number of carbonyl (C=O) groups is 2. The van der Waals surface area contributed by atoms with Gasteiger partial charge in [0.15, 0.2) is 0 Å². The lowest BCUT2D eigenvalue weighted by molar-refractivity contribution is -0.140. The van der Waals surface area contributed by atoms with E-state index in [0.29, 0.717) is 6.54 Å². The maximum atomic E-state index is 13.2. The molecule has 1 atom stereocenters. The molecule has 0 saturated heterocycles. The van der Waals surface area contributed by atoms with Crippen LogP contribution in [0, 0.1) is 12.7 Å². The zero-order valence-corrected chi connectivity index (χ0v) is 17.9. The molecule has 3 rings (SSSR count). The molecule has 5 heteroatoms. The van der Waals surface area contributed by atoms with E-state index in [1.165, 1.54) is 18.6 Å². The number of hydrogen-bond acceptors (Lipinski definition) is 2. The van der Waals surface area contributed by atoms with E-state index < -0.39 is 6.04 Å². The van der Waals surface area contributed by atoms with Crippen LogP contribution in [0.25, 0.3) is 0 Å². The van der Waals surface area contributed by atoms with Gasteiger partial charge in [-0.05, 0) is 49.9 Å². The second-order valence-corrected chi connectivity index (χ2v) is 8.33. The van der Waals surface area contributed by atoms with Crippen LogP contribution in [-0.2, 0) is 22.6 Å². The van der Waals surface area contributed by atoms with Gasteiger partial charge in [0.25, 0.3) is 0 Å². The summed E-state index contributed by atoms with van der Waals surface area (Å²) in [5.41, 5.74) is 2.85. The first-order chi connectivity index (χ1) is 14.4. The summed E-state index contributed by atoms with van der Waals surface area (Å²) >= 11 is 0. The van der Waals surface area contributed by atoms with E-state index in [-0.39, 0.29) is 30.1 Å². The highest BCUT2D eigenvalue weighted by atomic mass is 19.1. The zero-order chi connectivity index (χ0) is 21.5. The summed E-state index contributed by atoms with van der Waals surface area (Å²) in [6, 6.07) is 13.5. The number of hydrogen-bond donors (Lipinski definition) is 1. The number of aryl methyl sites for hydroxylation is 1. The van der Waals surface area contributed by atoms with Crippen molar-refractivity contribution in [2.75, 3.05) is 0 Å². The highest BCUT2D eigenvalue weighted by Gasteiger charge is 2.28. The Balaban J connectivity index is 1.74. The van der Waals surface area contributed by atoms with Crippen molar-refractivity contribution in [1.82, 2.24) is 10.2 Å². The fraction of sp³-hybridized carbons (Fsp3) is 0.440. The van der Waals surface area contributed by atoms with Crippen molar-refractivity contribution in [2.24, 2.45) is 0 Å². The van der Waals surface area contributed by atoms with Crippen LogP contribution in [0.4, 0.5) is 4.39 Å². The molecule has 0 aliphatic heterocycles. The standard InChI is InChI=1S/C25H31FN2O2/c1-18-8-10-21(11-9-18)17-28(24(29)16-20-12-14-22(26)15-13-20)19(2)25(30)27-23-6-4-3-5-7-23/h8-15,19,23H,3-7,16-17H2,1-2H3,(H,27,30)/t19-/m1/s1. The number of halogens is 1. The molecule has 30 heavy (non-hydrogen) atoms. The smallest absolute Gasteiger partial charge is 0.242 e. The van der Waals surface area contributed by atoms with Crippen LogP contribution >= 0.6 is 0 Å². The Bertz CT molecular complexity index is 842. The largest absolute Gasteiger partial charge is 0.352 e. The SMILES string of the molecule is Cc1ccc(CN(C(=O)Cc2ccc(F)cc2)[C@H](C)C(=O)NC2CCCCC2)cc1. The number of rotatable bonds is 7. The Morgan fingerprint density at radius 2 is 1.60 bits per heavy atom. The number of benzene rings is 2. The molecule has 2 aromatic carbocycles. The average Bonchev–Trinajstić information content (AvgIpc) is 2.75. The maximum absolute atomic E-state index is 13.2. The maximum Gasteiger partial charge on any atom is 0.242 e. The van der Waals surface area contributed by atoms with Gasteiger partial charge in [-0.2, -0.15) is 0 Å². The second kappa shape index (κ2) is 10.4. The summed E-state index contributed by atoms with van der Waals surface area (Å²) < 4.78 is 13.2. The lowest BCUT2D eigenvalue weighted by atomic mass is 9.95.